The van der Waals surface area contributed by atoms with Crippen molar-refractivity contribution in [2.75, 3.05) is 25.1 Å². The summed E-state index contributed by atoms with van der Waals surface area (Å²) >= 11 is 0. The number of nitrogens with two attached hydrogens (primary N) is 1. The van der Waals surface area contributed by atoms with E-state index in [0.29, 0.717) is 6.04 Å². The molecule has 0 aliphatic rings. The molecule has 3 heteroatoms. The third kappa shape index (κ3) is 3.91. The fourth-order valence-electron chi connectivity index (χ4n) is 2.29. The second-order valence-corrected chi connectivity index (χ2v) is 4.50. The van der Waals surface area contributed by atoms with Gasteiger partial charge in [0.05, 0.1) is 7.11 Å². The fourth-order valence-corrected chi connectivity index (χ4v) is 2.29. The lowest BCUT2D eigenvalue weighted by Crippen LogP contribution is -2.36. The molecule has 1 aromatic rings. The van der Waals surface area contributed by atoms with Gasteiger partial charge in [-0.15, -0.1) is 0 Å². The molecule has 0 bridgehead atoms. The first kappa shape index (κ1) is 14.8. The largest absolute Gasteiger partial charge is 0.497 e. The molecule has 0 saturated carbocycles. The van der Waals surface area contributed by atoms with Crippen LogP contribution in [-0.4, -0.2) is 26.2 Å². The first-order valence-electron chi connectivity index (χ1n) is 6.87. The lowest BCUT2D eigenvalue weighted by atomic mass is 10.1. The third-order valence-electron chi connectivity index (χ3n) is 3.39. The topological polar surface area (TPSA) is 38.5 Å². The molecule has 0 aromatic heterocycles. The molecule has 2 N–H and O–H groups in total. The molecule has 0 aliphatic heterocycles. The molecule has 0 spiro atoms. The van der Waals surface area contributed by atoms with E-state index in [1.165, 1.54) is 5.69 Å². The molecule has 0 fully saturated rings. The molecule has 1 aromatic carbocycles. The molecule has 0 atom stereocenters. The number of benzene rings is 1. The molecular weight excluding hydrogens is 224 g/mol. The van der Waals surface area contributed by atoms with Crippen LogP contribution in [0.15, 0.2) is 24.3 Å². The maximum atomic E-state index is 5.64. The Bertz CT molecular complexity index is 320. The zero-order valence-electron chi connectivity index (χ0n) is 11.9. The fraction of sp³-hybridized carbons (Fsp3) is 0.600. The minimum absolute atomic E-state index is 0.588. The van der Waals surface area contributed by atoms with Crippen LogP contribution in [0.4, 0.5) is 5.69 Å². The normalized spacial score (nSPS) is 10.7. The lowest BCUT2D eigenvalue weighted by Gasteiger charge is -2.32. The van der Waals surface area contributed by atoms with Gasteiger partial charge in [-0.2, -0.15) is 0 Å². The number of methoxy groups -OCH3 is 1. The van der Waals surface area contributed by atoms with Gasteiger partial charge in [0.25, 0.3) is 0 Å². The monoisotopic (exact) mass is 250 g/mol. The maximum Gasteiger partial charge on any atom is 0.119 e. The molecular formula is C15H26N2O. The van der Waals surface area contributed by atoms with E-state index in [0.717, 1.165) is 38.1 Å². The van der Waals surface area contributed by atoms with Crippen LogP contribution in [0.2, 0.25) is 0 Å². The van der Waals surface area contributed by atoms with Crippen LogP contribution in [0.5, 0.6) is 5.75 Å². The molecule has 18 heavy (non-hydrogen) atoms. The van der Waals surface area contributed by atoms with Crippen molar-refractivity contribution in [2.45, 2.75) is 39.2 Å². The Hall–Kier alpha value is -1.22. The molecule has 3 nitrogen and oxygen atoms in total. The summed E-state index contributed by atoms with van der Waals surface area (Å²) in [4.78, 5) is 2.46. The Labute approximate surface area is 111 Å². The van der Waals surface area contributed by atoms with E-state index < -0.39 is 0 Å². The Morgan fingerprint density at radius 2 is 1.78 bits per heavy atom. The van der Waals surface area contributed by atoms with Gasteiger partial charge in [0.2, 0.25) is 0 Å². The van der Waals surface area contributed by atoms with Gasteiger partial charge in [-0.05, 0) is 50.1 Å². The van der Waals surface area contributed by atoms with E-state index in [-0.39, 0.29) is 0 Å². The Morgan fingerprint density at radius 1 is 1.17 bits per heavy atom. The van der Waals surface area contributed by atoms with Crippen LogP contribution in [0, 0.1) is 0 Å². The van der Waals surface area contributed by atoms with Crippen molar-refractivity contribution in [3.05, 3.63) is 24.3 Å². The maximum absolute atomic E-state index is 5.64. The average molecular weight is 250 g/mol. The molecule has 0 saturated heterocycles. The van der Waals surface area contributed by atoms with Crippen molar-refractivity contribution in [1.82, 2.24) is 0 Å². The number of nitrogens with zero attached hydrogens (tertiary/aromatic N) is 1. The minimum Gasteiger partial charge on any atom is -0.497 e. The zero-order chi connectivity index (χ0) is 13.4. The summed E-state index contributed by atoms with van der Waals surface area (Å²) in [5.74, 6) is 0.905. The van der Waals surface area contributed by atoms with Crippen molar-refractivity contribution in [2.24, 2.45) is 5.73 Å². The molecule has 0 amide bonds. The van der Waals surface area contributed by atoms with E-state index in [1.54, 1.807) is 7.11 Å². The number of rotatable bonds is 8. The van der Waals surface area contributed by atoms with Gasteiger partial charge >= 0.3 is 0 Å². The number of hydrogen-bond acceptors (Lipinski definition) is 3. The van der Waals surface area contributed by atoms with Crippen molar-refractivity contribution in [3.8, 4) is 5.75 Å². The van der Waals surface area contributed by atoms with E-state index >= 15 is 0 Å². The van der Waals surface area contributed by atoms with Gasteiger partial charge < -0.3 is 15.4 Å². The smallest absolute Gasteiger partial charge is 0.119 e. The predicted molar refractivity (Wildman–Crippen MR) is 78.4 cm³/mol. The van der Waals surface area contributed by atoms with Crippen molar-refractivity contribution in [3.63, 3.8) is 0 Å². The highest BCUT2D eigenvalue weighted by atomic mass is 16.5. The summed E-state index contributed by atoms with van der Waals surface area (Å²) in [7, 11) is 1.70. The van der Waals surface area contributed by atoms with Crippen LogP contribution < -0.4 is 15.4 Å². The molecule has 0 unspecified atom stereocenters. The third-order valence-corrected chi connectivity index (χ3v) is 3.39. The van der Waals surface area contributed by atoms with Crippen molar-refractivity contribution < 1.29 is 4.74 Å². The van der Waals surface area contributed by atoms with Gasteiger partial charge in [-0.1, -0.05) is 13.8 Å². The van der Waals surface area contributed by atoms with Crippen LogP contribution in [0.1, 0.15) is 33.1 Å². The van der Waals surface area contributed by atoms with Gasteiger partial charge in [0, 0.05) is 18.3 Å². The highest BCUT2D eigenvalue weighted by Gasteiger charge is 2.15. The summed E-state index contributed by atoms with van der Waals surface area (Å²) < 4.78 is 5.20. The molecule has 0 heterocycles. The van der Waals surface area contributed by atoms with Crippen LogP contribution in [0.3, 0.4) is 0 Å². The summed E-state index contributed by atoms with van der Waals surface area (Å²) in [6.07, 6.45) is 3.35. The Balaban J connectivity index is 2.85. The SMILES string of the molecule is CCC(CC)N(CCCN)c1ccc(OC)cc1. The van der Waals surface area contributed by atoms with E-state index in [9.17, 15) is 0 Å². The molecule has 1 rings (SSSR count). The van der Waals surface area contributed by atoms with Gasteiger partial charge in [-0.25, -0.2) is 0 Å². The first-order chi connectivity index (χ1) is 8.76. The molecule has 0 aliphatic carbocycles. The first-order valence-corrected chi connectivity index (χ1v) is 6.87. The van der Waals surface area contributed by atoms with Crippen LogP contribution >= 0.6 is 0 Å². The Kier molecular flexibility index (Phi) is 6.58. The highest BCUT2D eigenvalue weighted by Crippen LogP contribution is 2.23. The quantitative estimate of drug-likeness (QED) is 0.770. The summed E-state index contributed by atoms with van der Waals surface area (Å²) in [5.41, 5.74) is 6.90. The zero-order valence-corrected chi connectivity index (χ0v) is 11.9. The van der Waals surface area contributed by atoms with Gasteiger partial charge in [-0.3, -0.25) is 0 Å². The average Bonchev–Trinajstić information content (AvgIpc) is 2.43. The molecule has 102 valence electrons. The summed E-state index contributed by atoms with van der Waals surface area (Å²) in [6.45, 7) is 6.25. The van der Waals surface area contributed by atoms with Crippen LogP contribution in [-0.2, 0) is 0 Å². The minimum atomic E-state index is 0.588. The molecule has 0 radical (unpaired) electrons. The number of hydrogen-bond donors (Lipinski definition) is 1. The lowest BCUT2D eigenvalue weighted by molar-refractivity contribution is 0.414. The second-order valence-electron chi connectivity index (χ2n) is 4.50. The van der Waals surface area contributed by atoms with Crippen molar-refractivity contribution >= 4 is 5.69 Å². The number of ether oxygens (including phenoxy) is 1. The predicted octanol–water partition coefficient (Wildman–Crippen LogP) is 3.04. The van der Waals surface area contributed by atoms with Gasteiger partial charge in [0.1, 0.15) is 5.75 Å². The summed E-state index contributed by atoms with van der Waals surface area (Å²) in [6, 6.07) is 8.90. The van der Waals surface area contributed by atoms with E-state index in [1.807, 2.05) is 12.1 Å². The second kappa shape index (κ2) is 7.98. The van der Waals surface area contributed by atoms with Gasteiger partial charge in [0.15, 0.2) is 0 Å². The van der Waals surface area contributed by atoms with E-state index in [2.05, 4.69) is 30.9 Å². The standard InChI is InChI=1S/C15H26N2O/c1-4-13(5-2)17(12-6-11-16)14-7-9-15(18-3)10-8-14/h7-10,13H,4-6,11-12,16H2,1-3H3. The Morgan fingerprint density at radius 3 is 2.22 bits per heavy atom. The van der Waals surface area contributed by atoms with Crippen molar-refractivity contribution in [1.29, 1.82) is 0 Å². The van der Waals surface area contributed by atoms with Crippen LogP contribution in [0.25, 0.3) is 0 Å². The summed E-state index contributed by atoms with van der Waals surface area (Å²) in [5, 5.41) is 0. The highest BCUT2D eigenvalue weighted by molar-refractivity contribution is 5.50. The number of anilines is 1. The van der Waals surface area contributed by atoms with E-state index in [4.69, 9.17) is 10.5 Å².